The zero-order valence-corrected chi connectivity index (χ0v) is 28.9. The van der Waals surface area contributed by atoms with E-state index in [9.17, 15) is 0 Å². The lowest BCUT2D eigenvalue weighted by molar-refractivity contribution is 0.690. The van der Waals surface area contributed by atoms with Crippen molar-refractivity contribution in [3.8, 4) is 0 Å². The van der Waals surface area contributed by atoms with E-state index in [1.807, 2.05) is 0 Å². The van der Waals surface area contributed by atoms with E-state index < -0.39 is 49.4 Å². The molecule has 0 aliphatic heterocycles. The molecule has 0 bridgehead atoms. The van der Waals surface area contributed by atoms with E-state index in [1.54, 1.807) is 0 Å². The molecule has 0 heterocycles. The van der Waals surface area contributed by atoms with E-state index in [0.29, 0.717) is 7.12 Å². The maximum Gasteiger partial charge on any atom is 0.361 e. The van der Waals surface area contributed by atoms with Crippen molar-refractivity contribution >= 4 is 56.5 Å². The Bertz CT molecular complexity index is 400. The Labute approximate surface area is 186 Å². The predicted molar refractivity (Wildman–Crippen MR) is 151 cm³/mol. The average molecular weight is 492 g/mol. The van der Waals surface area contributed by atoms with Gasteiger partial charge in [0, 0.05) is 0 Å². The first-order valence-electron chi connectivity index (χ1n) is 11.1. The number of nitrogens with zero attached hydrogens (tertiary/aromatic N) is 3. The molecule has 0 radical (unpaired) electrons. The summed E-state index contributed by atoms with van der Waals surface area (Å²) in [7, 11) is -8.64. The van der Waals surface area contributed by atoms with E-state index in [-0.39, 0.29) is 0 Å². The van der Waals surface area contributed by atoms with Crippen LogP contribution in [0.2, 0.25) is 118 Å². The summed E-state index contributed by atoms with van der Waals surface area (Å²) in [6.07, 6.45) is 0. The lowest BCUT2D eigenvalue weighted by atomic mass is 10.0. The quantitative estimate of drug-likeness (QED) is 0.325. The second-order valence-electron chi connectivity index (χ2n) is 14.5. The summed E-state index contributed by atoms with van der Waals surface area (Å²) in [5.41, 5.74) is 0. The summed E-state index contributed by atoms with van der Waals surface area (Å²) in [6, 6.07) is 0. The lowest BCUT2D eigenvalue weighted by Crippen LogP contribution is -2.86. The molecule has 0 fully saturated rings. The Balaban J connectivity index is 7.30. The second-order valence-corrected chi connectivity index (χ2v) is 44.8. The molecule has 0 unspecified atom stereocenters. The van der Waals surface area contributed by atoms with Crippen molar-refractivity contribution in [1.82, 2.24) is 12.4 Å². The first-order chi connectivity index (χ1) is 11.7. The highest BCUT2D eigenvalue weighted by molar-refractivity contribution is 7.11. The molecule has 0 N–H and O–H groups in total. The van der Waals surface area contributed by atoms with Crippen molar-refractivity contribution in [2.45, 2.75) is 118 Å². The molecule has 0 amide bonds. The molecule has 0 aromatic carbocycles. The van der Waals surface area contributed by atoms with E-state index in [0.717, 1.165) is 0 Å². The fraction of sp³-hybridized carbons (Fsp3) is 1.00. The minimum absolute atomic E-state index is 0.509. The molecule has 0 aliphatic rings. The SMILES string of the molecule is C[Si](C)(C)N(B(N([Si](C)(C)C)[Si](C)(C)C)N([Si](C)(C)C)[Si](C)(C)C)[Si](C)(C)C. The van der Waals surface area contributed by atoms with Crippen LogP contribution in [0.3, 0.4) is 0 Å². The fourth-order valence-corrected chi connectivity index (χ4v) is 36.5. The van der Waals surface area contributed by atoms with Gasteiger partial charge in [0.05, 0.1) is 0 Å². The van der Waals surface area contributed by atoms with Gasteiger partial charge in [0.1, 0.15) is 49.4 Å². The maximum atomic E-state index is 3.15. The van der Waals surface area contributed by atoms with Gasteiger partial charge in [-0.1, -0.05) is 118 Å². The van der Waals surface area contributed by atoms with Crippen molar-refractivity contribution < 1.29 is 0 Å². The Morgan fingerprint density at radius 3 is 0.464 bits per heavy atom. The first-order valence-corrected chi connectivity index (χ1v) is 31.8. The van der Waals surface area contributed by atoms with Crippen molar-refractivity contribution in [2.75, 3.05) is 0 Å². The van der Waals surface area contributed by atoms with Gasteiger partial charge in [-0.05, 0) is 0 Å². The fourth-order valence-electron chi connectivity index (χ4n) is 5.44. The molecule has 0 saturated carbocycles. The molecule has 0 spiro atoms. The third-order valence-electron chi connectivity index (χ3n) is 5.03. The Hall–Kier alpha value is 1.25. The summed E-state index contributed by atoms with van der Waals surface area (Å²) >= 11 is 0. The maximum absolute atomic E-state index is 3.15. The summed E-state index contributed by atoms with van der Waals surface area (Å²) in [4.78, 5) is 0. The van der Waals surface area contributed by atoms with Crippen molar-refractivity contribution in [1.29, 1.82) is 0 Å². The highest BCUT2D eigenvalue weighted by Gasteiger charge is 2.57. The van der Waals surface area contributed by atoms with Gasteiger partial charge in [-0.3, -0.25) is 0 Å². The molecule has 0 atom stereocenters. The summed E-state index contributed by atoms with van der Waals surface area (Å²) in [5.74, 6) is 0. The van der Waals surface area contributed by atoms with Gasteiger partial charge in [0.15, 0.2) is 0 Å². The third kappa shape index (κ3) is 7.74. The van der Waals surface area contributed by atoms with Gasteiger partial charge in [-0.25, -0.2) is 0 Å². The Kier molecular flexibility index (Phi) is 9.03. The van der Waals surface area contributed by atoms with Crippen LogP contribution < -0.4 is 0 Å². The minimum Gasteiger partial charge on any atom is -0.361 e. The molecule has 28 heavy (non-hydrogen) atoms. The Morgan fingerprint density at radius 1 is 0.286 bits per heavy atom. The molecule has 0 aliphatic carbocycles. The van der Waals surface area contributed by atoms with E-state index >= 15 is 0 Å². The first kappa shape index (κ1) is 29.2. The monoisotopic (exact) mass is 491 g/mol. The van der Waals surface area contributed by atoms with Gasteiger partial charge in [-0.2, -0.15) is 0 Å². The third-order valence-corrected chi connectivity index (χ3v) is 27.2. The van der Waals surface area contributed by atoms with Gasteiger partial charge < -0.3 is 12.4 Å². The van der Waals surface area contributed by atoms with Crippen molar-refractivity contribution in [2.24, 2.45) is 0 Å². The lowest BCUT2D eigenvalue weighted by Gasteiger charge is -2.63. The van der Waals surface area contributed by atoms with Crippen LogP contribution in [-0.2, 0) is 0 Å². The zero-order valence-electron chi connectivity index (χ0n) is 22.9. The van der Waals surface area contributed by atoms with E-state index in [1.165, 1.54) is 0 Å². The topological polar surface area (TPSA) is 9.72 Å². The van der Waals surface area contributed by atoms with Crippen LogP contribution in [0.5, 0.6) is 0 Å². The molecular formula is C18H54BN3Si6. The minimum atomic E-state index is -1.53. The Morgan fingerprint density at radius 2 is 0.393 bits per heavy atom. The van der Waals surface area contributed by atoms with Gasteiger partial charge in [0.25, 0.3) is 0 Å². The summed E-state index contributed by atoms with van der Waals surface area (Å²) < 4.78 is 9.44. The van der Waals surface area contributed by atoms with Gasteiger partial charge >= 0.3 is 7.12 Å². The summed E-state index contributed by atoms with van der Waals surface area (Å²) in [6.45, 7) is 46.7. The molecule has 10 heteroatoms. The largest absolute Gasteiger partial charge is 0.361 e. The molecule has 168 valence electrons. The van der Waals surface area contributed by atoms with E-state index in [4.69, 9.17) is 0 Å². The predicted octanol–water partition coefficient (Wildman–Crippen LogP) is 6.89. The molecule has 0 rings (SSSR count). The van der Waals surface area contributed by atoms with Gasteiger partial charge in [0.2, 0.25) is 0 Å². The molecule has 0 aromatic rings. The van der Waals surface area contributed by atoms with Crippen LogP contribution in [-0.4, -0.2) is 69.0 Å². The van der Waals surface area contributed by atoms with Crippen LogP contribution in [0.4, 0.5) is 0 Å². The summed E-state index contributed by atoms with van der Waals surface area (Å²) in [5, 5.41) is 0. The number of hydrogen-bond donors (Lipinski definition) is 0. The second kappa shape index (κ2) is 8.65. The molecule has 0 aromatic heterocycles. The van der Waals surface area contributed by atoms with Crippen molar-refractivity contribution in [3.05, 3.63) is 0 Å². The van der Waals surface area contributed by atoms with Crippen LogP contribution in [0, 0.1) is 0 Å². The van der Waals surface area contributed by atoms with Crippen LogP contribution in [0.25, 0.3) is 0 Å². The number of rotatable bonds is 9. The van der Waals surface area contributed by atoms with E-state index in [2.05, 4.69) is 130 Å². The average Bonchev–Trinajstić information content (AvgIpc) is 2.13. The highest BCUT2D eigenvalue weighted by Crippen LogP contribution is 2.35. The standard InChI is InChI=1S/C18H54BN3Si6/c1-23(2,3)20(24(4,5)6)19(21(25(7,8)9)26(10,11)12)22(27(13,14)15)28(16,17)18/h1-18H3. The molecule has 0 saturated heterocycles. The smallest absolute Gasteiger partial charge is 0.361 e. The van der Waals surface area contributed by atoms with Crippen molar-refractivity contribution in [3.63, 3.8) is 0 Å². The normalized spacial score (nSPS) is 15.8. The van der Waals surface area contributed by atoms with Crippen LogP contribution >= 0.6 is 0 Å². The van der Waals surface area contributed by atoms with Crippen LogP contribution in [0.15, 0.2) is 0 Å². The number of hydrogen-bond acceptors (Lipinski definition) is 3. The molecular weight excluding hydrogens is 438 g/mol. The zero-order chi connectivity index (χ0) is 23.3. The van der Waals surface area contributed by atoms with Gasteiger partial charge in [-0.15, -0.1) is 0 Å². The highest BCUT2D eigenvalue weighted by atomic mass is 28.4. The van der Waals surface area contributed by atoms with Crippen LogP contribution in [0.1, 0.15) is 0 Å². The molecule has 3 nitrogen and oxygen atoms in total.